The van der Waals surface area contributed by atoms with Gasteiger partial charge in [0.05, 0.1) is 7.11 Å². The largest absolute Gasteiger partial charge is 0.507 e. The van der Waals surface area contributed by atoms with E-state index in [0.29, 0.717) is 0 Å². The molecule has 0 amide bonds. The van der Waals surface area contributed by atoms with E-state index in [-0.39, 0.29) is 33.6 Å². The van der Waals surface area contributed by atoms with Crippen LogP contribution < -0.4 is 0 Å². The summed E-state index contributed by atoms with van der Waals surface area (Å²) < 4.78 is 32.2. The minimum Gasteiger partial charge on any atom is -0.507 e. The minimum atomic E-state index is -0.853. The molecule has 0 saturated carbocycles. The molecule has 0 saturated heterocycles. The molecule has 0 aromatic heterocycles. The van der Waals surface area contributed by atoms with Gasteiger partial charge in [-0.1, -0.05) is 12.1 Å². The summed E-state index contributed by atoms with van der Waals surface area (Å²) in [6.45, 7) is 3.01. The number of hydrogen-bond acceptors (Lipinski definition) is 3. The van der Waals surface area contributed by atoms with Crippen LogP contribution in [0.25, 0.3) is 11.1 Å². The van der Waals surface area contributed by atoms with E-state index in [2.05, 4.69) is 4.74 Å². The zero-order valence-corrected chi connectivity index (χ0v) is 11.8. The first kappa shape index (κ1) is 15.0. The smallest absolute Gasteiger partial charge is 0.342 e. The van der Waals surface area contributed by atoms with E-state index in [9.17, 15) is 18.7 Å². The molecule has 5 heteroatoms. The normalized spacial score (nSPS) is 10.5. The Morgan fingerprint density at radius 3 is 2.19 bits per heavy atom. The van der Waals surface area contributed by atoms with E-state index >= 15 is 0 Å². The predicted octanol–water partition coefficient (Wildman–Crippen LogP) is 3.74. The molecule has 1 N–H and O–H groups in total. The molecular formula is C16H14F2O3. The second kappa shape index (κ2) is 5.52. The Hall–Kier alpha value is -2.43. The van der Waals surface area contributed by atoms with Crippen LogP contribution in [-0.4, -0.2) is 18.2 Å². The maximum Gasteiger partial charge on any atom is 0.342 e. The third kappa shape index (κ3) is 2.46. The Morgan fingerprint density at radius 1 is 1.10 bits per heavy atom. The monoisotopic (exact) mass is 292 g/mol. The lowest BCUT2D eigenvalue weighted by molar-refractivity contribution is 0.0597. The van der Waals surface area contributed by atoms with Gasteiger partial charge in [-0.2, -0.15) is 0 Å². The predicted molar refractivity (Wildman–Crippen MR) is 74.3 cm³/mol. The standard InChI is InChI=1S/C16H14F2O3/c1-8-9(2)15(19)13(16(20)21-3)12(14(8)18)10-4-6-11(17)7-5-10/h4-7,19H,1-3H3. The van der Waals surface area contributed by atoms with Gasteiger partial charge < -0.3 is 9.84 Å². The van der Waals surface area contributed by atoms with Crippen LogP contribution in [0.4, 0.5) is 8.78 Å². The average molecular weight is 292 g/mol. The van der Waals surface area contributed by atoms with Crippen molar-refractivity contribution in [2.24, 2.45) is 0 Å². The van der Waals surface area contributed by atoms with E-state index in [1.807, 2.05) is 0 Å². The van der Waals surface area contributed by atoms with Gasteiger partial charge in [0, 0.05) is 5.56 Å². The third-order valence-electron chi connectivity index (χ3n) is 3.48. The number of esters is 1. The highest BCUT2D eigenvalue weighted by Crippen LogP contribution is 2.38. The molecule has 110 valence electrons. The molecule has 0 heterocycles. The highest BCUT2D eigenvalue weighted by atomic mass is 19.1. The molecule has 0 spiro atoms. The Labute approximate surface area is 120 Å². The Kier molecular flexibility index (Phi) is 3.93. The SMILES string of the molecule is COC(=O)c1c(O)c(C)c(C)c(F)c1-c1ccc(F)cc1. The summed E-state index contributed by atoms with van der Waals surface area (Å²) in [5.74, 6) is -2.31. The summed E-state index contributed by atoms with van der Waals surface area (Å²) in [6.07, 6.45) is 0. The van der Waals surface area contributed by atoms with Crippen LogP contribution in [0, 0.1) is 25.5 Å². The molecule has 0 aliphatic carbocycles. The first-order valence-electron chi connectivity index (χ1n) is 6.24. The summed E-state index contributed by atoms with van der Waals surface area (Å²) in [6, 6.07) is 4.99. The van der Waals surface area contributed by atoms with Crippen molar-refractivity contribution in [1.82, 2.24) is 0 Å². The molecule has 3 nitrogen and oxygen atoms in total. The zero-order valence-electron chi connectivity index (χ0n) is 11.8. The fourth-order valence-corrected chi connectivity index (χ4v) is 2.13. The van der Waals surface area contributed by atoms with Crippen molar-refractivity contribution in [2.45, 2.75) is 13.8 Å². The van der Waals surface area contributed by atoms with Gasteiger partial charge in [-0.25, -0.2) is 13.6 Å². The van der Waals surface area contributed by atoms with Crippen molar-refractivity contribution in [2.75, 3.05) is 7.11 Å². The summed E-state index contributed by atoms with van der Waals surface area (Å²) >= 11 is 0. The van der Waals surface area contributed by atoms with E-state index in [1.165, 1.54) is 26.0 Å². The molecular weight excluding hydrogens is 278 g/mol. The number of ether oxygens (including phenoxy) is 1. The lowest BCUT2D eigenvalue weighted by atomic mass is 9.92. The number of rotatable bonds is 2. The topological polar surface area (TPSA) is 46.5 Å². The lowest BCUT2D eigenvalue weighted by Crippen LogP contribution is -2.08. The molecule has 0 aliphatic heterocycles. The summed E-state index contributed by atoms with van der Waals surface area (Å²) in [5, 5.41) is 10.2. The van der Waals surface area contributed by atoms with Crippen LogP contribution >= 0.6 is 0 Å². The van der Waals surface area contributed by atoms with Crippen molar-refractivity contribution in [3.63, 3.8) is 0 Å². The van der Waals surface area contributed by atoms with E-state index in [0.717, 1.165) is 19.2 Å². The minimum absolute atomic E-state index is 0.0950. The maximum atomic E-state index is 14.6. The molecule has 0 aliphatic rings. The van der Waals surface area contributed by atoms with Crippen LogP contribution in [-0.2, 0) is 4.74 Å². The van der Waals surface area contributed by atoms with Gasteiger partial charge in [-0.05, 0) is 42.7 Å². The van der Waals surface area contributed by atoms with Crippen LogP contribution in [0.2, 0.25) is 0 Å². The van der Waals surface area contributed by atoms with Crippen molar-refractivity contribution in [3.8, 4) is 16.9 Å². The van der Waals surface area contributed by atoms with Crippen LogP contribution in [0.1, 0.15) is 21.5 Å². The van der Waals surface area contributed by atoms with Crippen LogP contribution in [0.15, 0.2) is 24.3 Å². The fourth-order valence-electron chi connectivity index (χ4n) is 2.13. The quantitative estimate of drug-likeness (QED) is 0.858. The molecule has 0 bridgehead atoms. The van der Waals surface area contributed by atoms with Gasteiger partial charge in [-0.3, -0.25) is 0 Å². The Bertz CT molecular complexity index is 707. The number of carbonyl (C=O) groups is 1. The number of benzene rings is 2. The van der Waals surface area contributed by atoms with E-state index < -0.39 is 17.6 Å². The van der Waals surface area contributed by atoms with Gasteiger partial charge in [0.25, 0.3) is 0 Å². The number of halogens is 2. The molecule has 2 aromatic rings. The second-order valence-electron chi connectivity index (χ2n) is 4.66. The molecule has 0 unspecified atom stereocenters. The summed E-state index contributed by atoms with van der Waals surface area (Å²) in [4.78, 5) is 11.9. The zero-order chi connectivity index (χ0) is 15.7. The summed E-state index contributed by atoms with van der Waals surface area (Å²) in [7, 11) is 1.14. The first-order valence-corrected chi connectivity index (χ1v) is 6.24. The Balaban J connectivity index is 2.85. The van der Waals surface area contributed by atoms with Crippen molar-refractivity contribution >= 4 is 5.97 Å². The summed E-state index contributed by atoms with van der Waals surface area (Å²) in [5.41, 5.74) is 0.415. The highest BCUT2D eigenvalue weighted by Gasteiger charge is 2.26. The maximum absolute atomic E-state index is 14.6. The van der Waals surface area contributed by atoms with Crippen molar-refractivity contribution in [3.05, 3.63) is 52.6 Å². The van der Waals surface area contributed by atoms with Gasteiger partial charge >= 0.3 is 5.97 Å². The number of hydrogen-bond donors (Lipinski definition) is 1. The molecule has 2 aromatic carbocycles. The van der Waals surface area contributed by atoms with Crippen LogP contribution in [0.5, 0.6) is 5.75 Å². The number of phenols is 1. The van der Waals surface area contributed by atoms with E-state index in [4.69, 9.17) is 0 Å². The fraction of sp³-hybridized carbons (Fsp3) is 0.188. The molecule has 0 radical (unpaired) electrons. The third-order valence-corrected chi connectivity index (χ3v) is 3.48. The van der Waals surface area contributed by atoms with Crippen molar-refractivity contribution in [1.29, 1.82) is 0 Å². The number of aromatic hydroxyl groups is 1. The van der Waals surface area contributed by atoms with Crippen LogP contribution in [0.3, 0.4) is 0 Å². The Morgan fingerprint density at radius 2 is 1.67 bits per heavy atom. The highest BCUT2D eigenvalue weighted by molar-refractivity contribution is 6.01. The lowest BCUT2D eigenvalue weighted by Gasteiger charge is -2.16. The van der Waals surface area contributed by atoms with Gasteiger partial charge in [0.15, 0.2) is 0 Å². The molecule has 21 heavy (non-hydrogen) atoms. The van der Waals surface area contributed by atoms with Gasteiger partial charge in [-0.15, -0.1) is 0 Å². The number of carbonyl (C=O) groups excluding carboxylic acids is 1. The van der Waals surface area contributed by atoms with Gasteiger partial charge in [0.2, 0.25) is 0 Å². The number of phenolic OH excluding ortho intramolecular Hbond substituents is 1. The average Bonchev–Trinajstić information content (AvgIpc) is 2.49. The molecule has 0 fully saturated rings. The molecule has 0 atom stereocenters. The second-order valence-corrected chi connectivity index (χ2v) is 4.66. The van der Waals surface area contributed by atoms with Gasteiger partial charge in [0.1, 0.15) is 22.9 Å². The first-order chi connectivity index (χ1) is 9.88. The van der Waals surface area contributed by atoms with Crippen molar-refractivity contribution < 1.29 is 23.4 Å². The number of methoxy groups -OCH3 is 1. The molecule has 2 rings (SSSR count). The van der Waals surface area contributed by atoms with E-state index in [1.54, 1.807) is 0 Å².